The van der Waals surface area contributed by atoms with Crippen molar-refractivity contribution in [2.45, 2.75) is 33.6 Å². The lowest BCUT2D eigenvalue weighted by Gasteiger charge is -2.01. The van der Waals surface area contributed by atoms with E-state index >= 15 is 0 Å². The Labute approximate surface area is 94.7 Å². The van der Waals surface area contributed by atoms with Crippen molar-refractivity contribution >= 4 is 22.5 Å². The highest BCUT2D eigenvalue weighted by Gasteiger charge is 2.09. The molecule has 1 N–H and O–H groups in total. The van der Waals surface area contributed by atoms with Gasteiger partial charge in [-0.25, -0.2) is 4.98 Å². The summed E-state index contributed by atoms with van der Waals surface area (Å²) >= 11 is 6.12. The summed E-state index contributed by atoms with van der Waals surface area (Å²) in [6.45, 7) is 6.23. The number of nitrogens with one attached hydrogen (secondary N) is 1. The third-order valence-electron chi connectivity index (χ3n) is 2.80. The summed E-state index contributed by atoms with van der Waals surface area (Å²) in [7, 11) is 0. The summed E-state index contributed by atoms with van der Waals surface area (Å²) in [5, 5.41) is 1.65. The van der Waals surface area contributed by atoms with E-state index in [2.05, 4.69) is 29.9 Å². The molecule has 0 amide bonds. The first-order valence-corrected chi connectivity index (χ1v) is 5.65. The van der Waals surface area contributed by atoms with E-state index in [1.165, 1.54) is 11.3 Å². The van der Waals surface area contributed by atoms with E-state index in [4.69, 9.17) is 11.6 Å². The number of aromatic amines is 1. The number of fused-ring (bicyclic) bond motifs is 1. The molecule has 0 aliphatic carbocycles. The summed E-state index contributed by atoms with van der Waals surface area (Å²) in [6, 6.07) is 2.11. The van der Waals surface area contributed by atoms with Gasteiger partial charge < -0.3 is 4.98 Å². The zero-order valence-corrected chi connectivity index (χ0v) is 10.1. The lowest BCUT2D eigenvalue weighted by atomic mass is 10.2. The van der Waals surface area contributed by atoms with Crippen LogP contribution in [0.15, 0.2) is 6.07 Å². The van der Waals surface area contributed by atoms with E-state index in [-0.39, 0.29) is 0 Å². The second-order valence-corrected chi connectivity index (χ2v) is 4.30. The van der Waals surface area contributed by atoms with Crippen LogP contribution >= 0.6 is 11.6 Å². The highest BCUT2D eigenvalue weighted by Crippen LogP contribution is 2.27. The van der Waals surface area contributed by atoms with Crippen LogP contribution in [-0.4, -0.2) is 9.97 Å². The van der Waals surface area contributed by atoms with Gasteiger partial charge in [-0.05, 0) is 31.9 Å². The molecule has 0 aliphatic rings. The van der Waals surface area contributed by atoms with Gasteiger partial charge in [0.15, 0.2) is 0 Å². The number of pyridine rings is 1. The van der Waals surface area contributed by atoms with Crippen LogP contribution in [0.5, 0.6) is 0 Å². The molecule has 0 radical (unpaired) electrons. The summed E-state index contributed by atoms with van der Waals surface area (Å²) in [5.74, 6) is 0. The lowest BCUT2D eigenvalue weighted by Crippen LogP contribution is -1.89. The van der Waals surface area contributed by atoms with Gasteiger partial charge in [-0.1, -0.05) is 24.9 Å². The standard InChI is InChI=1S/C12H15ClN2/c1-4-5-9-6-10-11(15-9)7(2)8(3)14-12(10)13/h6,15H,4-5H2,1-3H3. The molecule has 0 saturated heterocycles. The number of halogens is 1. The summed E-state index contributed by atoms with van der Waals surface area (Å²) in [6.07, 6.45) is 2.19. The van der Waals surface area contributed by atoms with Gasteiger partial charge in [-0.3, -0.25) is 0 Å². The van der Waals surface area contributed by atoms with Crippen LogP contribution in [-0.2, 0) is 6.42 Å². The molecule has 0 bridgehead atoms. The zero-order valence-electron chi connectivity index (χ0n) is 9.32. The van der Waals surface area contributed by atoms with Crippen LogP contribution in [0.4, 0.5) is 0 Å². The first kappa shape index (κ1) is 10.5. The SMILES string of the molecule is CCCc1cc2c(Cl)nc(C)c(C)c2[nH]1. The van der Waals surface area contributed by atoms with Gasteiger partial charge in [0, 0.05) is 16.8 Å². The second-order valence-electron chi connectivity index (χ2n) is 3.95. The fourth-order valence-corrected chi connectivity index (χ4v) is 2.12. The largest absolute Gasteiger partial charge is 0.358 e. The summed E-state index contributed by atoms with van der Waals surface area (Å²) in [4.78, 5) is 7.74. The smallest absolute Gasteiger partial charge is 0.138 e. The van der Waals surface area contributed by atoms with E-state index < -0.39 is 0 Å². The number of hydrogen-bond acceptors (Lipinski definition) is 1. The Morgan fingerprint density at radius 1 is 1.40 bits per heavy atom. The van der Waals surface area contributed by atoms with Crippen LogP contribution in [0, 0.1) is 13.8 Å². The normalized spacial score (nSPS) is 11.2. The number of nitrogens with zero attached hydrogens (tertiary/aromatic N) is 1. The van der Waals surface area contributed by atoms with Crippen LogP contribution in [0.25, 0.3) is 10.9 Å². The molecule has 0 saturated carbocycles. The van der Waals surface area contributed by atoms with Crippen molar-refractivity contribution in [3.63, 3.8) is 0 Å². The van der Waals surface area contributed by atoms with Gasteiger partial charge >= 0.3 is 0 Å². The van der Waals surface area contributed by atoms with E-state index in [0.717, 1.165) is 29.4 Å². The molecule has 0 unspecified atom stereocenters. The van der Waals surface area contributed by atoms with Gasteiger partial charge in [0.2, 0.25) is 0 Å². The minimum atomic E-state index is 0.603. The molecular formula is C12H15ClN2. The molecule has 3 heteroatoms. The highest BCUT2D eigenvalue weighted by atomic mass is 35.5. The molecule has 0 aliphatic heterocycles. The molecule has 2 heterocycles. The number of hydrogen-bond donors (Lipinski definition) is 1. The van der Waals surface area contributed by atoms with Crippen LogP contribution in [0.1, 0.15) is 30.3 Å². The predicted molar refractivity (Wildman–Crippen MR) is 64.6 cm³/mol. The molecule has 2 aromatic heterocycles. The minimum absolute atomic E-state index is 0.603. The van der Waals surface area contributed by atoms with Crippen molar-refractivity contribution in [1.29, 1.82) is 0 Å². The molecule has 0 aromatic carbocycles. The fourth-order valence-electron chi connectivity index (χ4n) is 1.85. The third kappa shape index (κ3) is 1.74. The molecule has 0 spiro atoms. The first-order valence-electron chi connectivity index (χ1n) is 5.27. The van der Waals surface area contributed by atoms with Gasteiger partial charge in [0.05, 0.1) is 5.52 Å². The van der Waals surface area contributed by atoms with Crippen molar-refractivity contribution in [3.05, 3.63) is 28.2 Å². The van der Waals surface area contributed by atoms with E-state index in [1.54, 1.807) is 0 Å². The highest BCUT2D eigenvalue weighted by molar-refractivity contribution is 6.34. The fraction of sp³-hybridized carbons (Fsp3) is 0.417. The average Bonchev–Trinajstić information content (AvgIpc) is 2.60. The maximum absolute atomic E-state index is 6.12. The van der Waals surface area contributed by atoms with Crippen LogP contribution < -0.4 is 0 Å². The topological polar surface area (TPSA) is 28.7 Å². The Kier molecular flexibility index (Phi) is 2.70. The maximum atomic E-state index is 6.12. The summed E-state index contributed by atoms with van der Waals surface area (Å²) < 4.78 is 0. The minimum Gasteiger partial charge on any atom is -0.358 e. The zero-order chi connectivity index (χ0) is 11.0. The Morgan fingerprint density at radius 3 is 2.80 bits per heavy atom. The molecule has 80 valence electrons. The van der Waals surface area contributed by atoms with Crippen molar-refractivity contribution < 1.29 is 0 Å². The Balaban J connectivity index is 2.68. The van der Waals surface area contributed by atoms with Crippen LogP contribution in [0.2, 0.25) is 5.15 Å². The molecule has 15 heavy (non-hydrogen) atoms. The van der Waals surface area contributed by atoms with E-state index in [0.29, 0.717) is 5.15 Å². The number of aryl methyl sites for hydroxylation is 3. The number of H-pyrrole nitrogens is 1. The van der Waals surface area contributed by atoms with E-state index in [9.17, 15) is 0 Å². The van der Waals surface area contributed by atoms with Gasteiger partial charge in [-0.15, -0.1) is 0 Å². The number of rotatable bonds is 2. The Hall–Kier alpha value is -1.02. The Bertz CT molecular complexity index is 500. The van der Waals surface area contributed by atoms with Crippen molar-refractivity contribution in [2.24, 2.45) is 0 Å². The quantitative estimate of drug-likeness (QED) is 0.770. The van der Waals surface area contributed by atoms with E-state index in [1.807, 2.05) is 6.92 Å². The lowest BCUT2D eigenvalue weighted by molar-refractivity contribution is 0.896. The van der Waals surface area contributed by atoms with Crippen molar-refractivity contribution in [3.8, 4) is 0 Å². The summed E-state index contributed by atoms with van der Waals surface area (Å²) in [5.41, 5.74) is 4.56. The van der Waals surface area contributed by atoms with Crippen LogP contribution in [0.3, 0.4) is 0 Å². The monoisotopic (exact) mass is 222 g/mol. The second kappa shape index (κ2) is 3.86. The maximum Gasteiger partial charge on any atom is 0.138 e. The number of aromatic nitrogens is 2. The molecular weight excluding hydrogens is 208 g/mol. The molecule has 2 nitrogen and oxygen atoms in total. The van der Waals surface area contributed by atoms with Gasteiger partial charge in [-0.2, -0.15) is 0 Å². The molecule has 2 rings (SSSR count). The Morgan fingerprint density at radius 2 is 2.13 bits per heavy atom. The predicted octanol–water partition coefficient (Wildman–Crippen LogP) is 3.79. The third-order valence-corrected chi connectivity index (χ3v) is 3.09. The molecule has 0 atom stereocenters. The van der Waals surface area contributed by atoms with Gasteiger partial charge in [0.25, 0.3) is 0 Å². The van der Waals surface area contributed by atoms with Crippen molar-refractivity contribution in [2.75, 3.05) is 0 Å². The first-order chi connectivity index (χ1) is 7.13. The molecule has 2 aromatic rings. The van der Waals surface area contributed by atoms with Crippen molar-refractivity contribution in [1.82, 2.24) is 9.97 Å². The molecule has 0 fully saturated rings. The van der Waals surface area contributed by atoms with Gasteiger partial charge in [0.1, 0.15) is 5.15 Å². The average molecular weight is 223 g/mol.